The van der Waals surface area contributed by atoms with Gasteiger partial charge < -0.3 is 5.32 Å². The molecule has 0 spiro atoms. The molecule has 3 heteroatoms. The number of carbonyl (C=O) groups excluding carboxylic acids is 1. The molecule has 1 rings (SSSR count). The molecule has 0 aromatic heterocycles. The maximum atomic E-state index is 12.2. The molecule has 1 aromatic carbocycles. The summed E-state index contributed by atoms with van der Waals surface area (Å²) in [4.78, 5) is 12.2. The third kappa shape index (κ3) is 5.13. The van der Waals surface area contributed by atoms with E-state index in [1.807, 2.05) is 19.9 Å². The van der Waals surface area contributed by atoms with Crippen LogP contribution in [0.4, 0.5) is 0 Å². The first-order valence-corrected chi connectivity index (χ1v) is 6.46. The van der Waals surface area contributed by atoms with E-state index in [-0.39, 0.29) is 16.9 Å². The second kappa shape index (κ2) is 5.44. The van der Waals surface area contributed by atoms with E-state index in [0.717, 1.165) is 6.42 Å². The van der Waals surface area contributed by atoms with Gasteiger partial charge in [0, 0.05) is 11.1 Å². The number of amides is 1. The number of nitrogens with one attached hydrogen (secondary N) is 1. The second-order valence-electron chi connectivity index (χ2n) is 6.76. The van der Waals surface area contributed by atoms with Gasteiger partial charge in [-0.1, -0.05) is 20.8 Å². The molecule has 0 aliphatic rings. The van der Waals surface area contributed by atoms with Crippen molar-refractivity contribution >= 4 is 5.91 Å². The van der Waals surface area contributed by atoms with Crippen LogP contribution in [0.1, 0.15) is 57.0 Å². The Balaban J connectivity index is 2.76. The highest BCUT2D eigenvalue weighted by molar-refractivity contribution is 5.94. The van der Waals surface area contributed by atoms with Crippen molar-refractivity contribution in [3.8, 4) is 6.07 Å². The number of benzene rings is 1. The smallest absolute Gasteiger partial charge is 0.251 e. The van der Waals surface area contributed by atoms with Crippen molar-refractivity contribution in [3.63, 3.8) is 0 Å². The lowest BCUT2D eigenvalue weighted by atomic mass is 9.81. The molecule has 0 aliphatic heterocycles. The summed E-state index contributed by atoms with van der Waals surface area (Å²) < 4.78 is 0. The summed E-state index contributed by atoms with van der Waals surface area (Å²) in [6.45, 7) is 10.5. The summed E-state index contributed by atoms with van der Waals surface area (Å²) in [5.74, 6) is -0.0984. The number of hydrogen-bond acceptors (Lipinski definition) is 2. The molecular formula is C16H22N2O. The molecular weight excluding hydrogens is 236 g/mol. The van der Waals surface area contributed by atoms with Gasteiger partial charge >= 0.3 is 0 Å². The van der Waals surface area contributed by atoms with Crippen LogP contribution in [-0.4, -0.2) is 11.4 Å². The third-order valence-electron chi connectivity index (χ3n) is 2.70. The summed E-state index contributed by atoms with van der Waals surface area (Å²) in [5, 5.41) is 11.8. The van der Waals surface area contributed by atoms with Gasteiger partial charge in [-0.15, -0.1) is 0 Å². The second-order valence-corrected chi connectivity index (χ2v) is 6.76. The minimum atomic E-state index is -0.261. The molecule has 1 amide bonds. The number of nitriles is 1. The van der Waals surface area contributed by atoms with Gasteiger partial charge in [-0.3, -0.25) is 4.79 Å². The van der Waals surface area contributed by atoms with Crippen LogP contribution < -0.4 is 5.32 Å². The van der Waals surface area contributed by atoms with Crippen molar-refractivity contribution in [2.75, 3.05) is 0 Å². The Morgan fingerprint density at radius 1 is 1.16 bits per heavy atom. The minimum Gasteiger partial charge on any atom is -0.347 e. The molecule has 102 valence electrons. The molecule has 0 radical (unpaired) electrons. The molecule has 0 aliphatic carbocycles. The first-order chi connectivity index (χ1) is 8.63. The van der Waals surface area contributed by atoms with Crippen LogP contribution in [0, 0.1) is 16.7 Å². The predicted molar refractivity (Wildman–Crippen MR) is 76.8 cm³/mol. The van der Waals surface area contributed by atoms with E-state index in [1.54, 1.807) is 24.3 Å². The highest BCUT2D eigenvalue weighted by Crippen LogP contribution is 2.27. The molecule has 0 saturated carbocycles. The fraction of sp³-hybridized carbons (Fsp3) is 0.500. The van der Waals surface area contributed by atoms with E-state index >= 15 is 0 Å². The Labute approximate surface area is 115 Å². The zero-order chi connectivity index (χ0) is 14.7. The summed E-state index contributed by atoms with van der Waals surface area (Å²) >= 11 is 0. The van der Waals surface area contributed by atoms with Crippen molar-refractivity contribution in [2.45, 2.75) is 46.6 Å². The molecule has 19 heavy (non-hydrogen) atoms. The van der Waals surface area contributed by atoms with Gasteiger partial charge in [0.05, 0.1) is 11.6 Å². The fourth-order valence-corrected chi connectivity index (χ4v) is 2.45. The fourth-order valence-electron chi connectivity index (χ4n) is 2.45. The van der Waals surface area contributed by atoms with E-state index in [9.17, 15) is 4.79 Å². The first-order valence-electron chi connectivity index (χ1n) is 6.46. The normalized spacial score (nSPS) is 11.8. The molecule has 0 heterocycles. The zero-order valence-electron chi connectivity index (χ0n) is 12.4. The lowest BCUT2D eigenvalue weighted by molar-refractivity contribution is 0.0891. The van der Waals surface area contributed by atoms with Crippen LogP contribution in [0.15, 0.2) is 24.3 Å². The summed E-state index contributed by atoms with van der Waals surface area (Å²) in [5.41, 5.74) is 1.04. The van der Waals surface area contributed by atoms with Gasteiger partial charge in [-0.05, 0) is 49.9 Å². The zero-order valence-corrected chi connectivity index (χ0v) is 12.4. The molecule has 0 fully saturated rings. The Hall–Kier alpha value is -1.82. The lowest BCUT2D eigenvalue weighted by Crippen LogP contribution is -2.45. The highest BCUT2D eigenvalue weighted by atomic mass is 16.1. The topological polar surface area (TPSA) is 52.9 Å². The largest absolute Gasteiger partial charge is 0.347 e. The van der Waals surface area contributed by atoms with E-state index in [2.05, 4.69) is 26.1 Å². The monoisotopic (exact) mass is 258 g/mol. The van der Waals surface area contributed by atoms with Gasteiger partial charge in [0.2, 0.25) is 0 Å². The van der Waals surface area contributed by atoms with Gasteiger partial charge in [-0.2, -0.15) is 5.26 Å². The van der Waals surface area contributed by atoms with Crippen LogP contribution in [0.25, 0.3) is 0 Å². The van der Waals surface area contributed by atoms with Crippen molar-refractivity contribution in [2.24, 2.45) is 5.41 Å². The highest BCUT2D eigenvalue weighted by Gasteiger charge is 2.27. The van der Waals surface area contributed by atoms with Crippen LogP contribution in [0.2, 0.25) is 0 Å². The van der Waals surface area contributed by atoms with Crippen LogP contribution in [0.3, 0.4) is 0 Å². The SMILES string of the molecule is CC(C)(C)CC(C)(C)NC(=O)c1ccc(C#N)cc1. The van der Waals surface area contributed by atoms with Crippen LogP contribution >= 0.6 is 0 Å². The van der Waals surface area contributed by atoms with Gasteiger partial charge in [0.15, 0.2) is 0 Å². The Morgan fingerprint density at radius 2 is 1.68 bits per heavy atom. The van der Waals surface area contributed by atoms with Crippen molar-refractivity contribution < 1.29 is 4.79 Å². The molecule has 0 bridgehead atoms. The molecule has 0 atom stereocenters. The quantitative estimate of drug-likeness (QED) is 0.902. The van der Waals surface area contributed by atoms with Gasteiger partial charge in [0.1, 0.15) is 0 Å². The third-order valence-corrected chi connectivity index (χ3v) is 2.70. The van der Waals surface area contributed by atoms with Gasteiger partial charge in [0.25, 0.3) is 5.91 Å². The summed E-state index contributed by atoms with van der Waals surface area (Å²) in [6, 6.07) is 8.72. The van der Waals surface area contributed by atoms with Gasteiger partial charge in [-0.25, -0.2) is 0 Å². The lowest BCUT2D eigenvalue weighted by Gasteiger charge is -2.33. The molecule has 0 unspecified atom stereocenters. The average Bonchev–Trinajstić information content (AvgIpc) is 2.25. The van der Waals surface area contributed by atoms with E-state index < -0.39 is 0 Å². The predicted octanol–water partition coefficient (Wildman–Crippen LogP) is 3.50. The standard InChI is InChI=1S/C16H22N2O/c1-15(2,3)11-16(4,5)18-14(19)13-8-6-12(10-17)7-9-13/h6-9H,11H2,1-5H3,(H,18,19). The summed E-state index contributed by atoms with van der Waals surface area (Å²) in [6.07, 6.45) is 0.891. The van der Waals surface area contributed by atoms with Crippen LogP contribution in [-0.2, 0) is 0 Å². The Bertz CT molecular complexity index is 487. The van der Waals surface area contributed by atoms with E-state index in [1.165, 1.54) is 0 Å². The molecule has 1 aromatic rings. The maximum Gasteiger partial charge on any atom is 0.251 e. The van der Waals surface area contributed by atoms with E-state index in [0.29, 0.717) is 11.1 Å². The number of carbonyl (C=O) groups is 1. The minimum absolute atomic E-state index is 0.0984. The molecule has 0 saturated heterocycles. The average molecular weight is 258 g/mol. The van der Waals surface area contributed by atoms with Crippen molar-refractivity contribution in [1.82, 2.24) is 5.32 Å². The Kier molecular flexibility index (Phi) is 4.36. The first kappa shape index (κ1) is 15.2. The molecule has 3 nitrogen and oxygen atoms in total. The molecule has 1 N–H and O–H groups in total. The number of nitrogens with zero attached hydrogens (tertiary/aromatic N) is 1. The maximum absolute atomic E-state index is 12.2. The Morgan fingerprint density at radius 3 is 2.11 bits per heavy atom. The number of rotatable bonds is 3. The van der Waals surface area contributed by atoms with Crippen LogP contribution in [0.5, 0.6) is 0 Å². The number of hydrogen-bond donors (Lipinski definition) is 1. The van der Waals surface area contributed by atoms with Crippen molar-refractivity contribution in [1.29, 1.82) is 5.26 Å². The van der Waals surface area contributed by atoms with Crippen molar-refractivity contribution in [3.05, 3.63) is 35.4 Å². The van der Waals surface area contributed by atoms with E-state index in [4.69, 9.17) is 5.26 Å². The summed E-state index contributed by atoms with van der Waals surface area (Å²) in [7, 11) is 0.